The number of rotatable bonds is 3. The predicted octanol–water partition coefficient (Wildman–Crippen LogP) is 0.291. The van der Waals surface area contributed by atoms with Crippen molar-refractivity contribution in [1.82, 2.24) is 10.2 Å². The first kappa shape index (κ1) is 16.2. The number of carbonyl (C=O) groups excluding carboxylic acids is 2. The van der Waals surface area contributed by atoms with Crippen LogP contribution in [0.15, 0.2) is 0 Å². The average molecular weight is 298 g/mol. The van der Waals surface area contributed by atoms with Gasteiger partial charge in [-0.2, -0.15) is 0 Å². The quantitative estimate of drug-likeness (QED) is 0.785. The third-order valence-electron chi connectivity index (χ3n) is 4.13. The van der Waals surface area contributed by atoms with Gasteiger partial charge in [-0.3, -0.25) is 9.59 Å². The second kappa shape index (κ2) is 5.93. The Bertz CT molecular complexity index is 410. The Labute approximate surface area is 125 Å². The molecule has 2 aliphatic heterocycles. The zero-order valence-corrected chi connectivity index (χ0v) is 13.1. The van der Waals surface area contributed by atoms with Gasteiger partial charge in [0, 0.05) is 31.5 Å². The van der Waals surface area contributed by atoms with Crippen LogP contribution in [-0.4, -0.2) is 59.8 Å². The van der Waals surface area contributed by atoms with E-state index in [0.717, 1.165) is 6.42 Å². The fourth-order valence-corrected chi connectivity index (χ4v) is 2.82. The largest absolute Gasteiger partial charge is 0.386 e. The molecular formula is C15H26N2O4. The molecule has 0 aromatic carbocycles. The molecule has 2 aliphatic rings. The number of nitrogens with zero attached hydrogens (tertiary/aromatic N) is 1. The maximum absolute atomic E-state index is 12.4. The molecule has 2 unspecified atom stereocenters. The van der Waals surface area contributed by atoms with E-state index < -0.39 is 17.1 Å². The standard InChI is InChI=1S/C15H26N2O4/c1-14(2,3)13(19)17-7-4-5-11(17)12(18)16-9-15(20)6-8-21-10-15/h11,20H,4-10H2,1-3H3,(H,16,18). The molecule has 0 aliphatic carbocycles. The van der Waals surface area contributed by atoms with Crippen LogP contribution in [-0.2, 0) is 14.3 Å². The topological polar surface area (TPSA) is 78.9 Å². The number of ether oxygens (including phenoxy) is 1. The molecule has 2 fully saturated rings. The van der Waals surface area contributed by atoms with Gasteiger partial charge in [0.2, 0.25) is 11.8 Å². The lowest BCUT2D eigenvalue weighted by Crippen LogP contribution is -2.52. The number of likely N-dealkylation sites (tertiary alicyclic amines) is 1. The minimum atomic E-state index is -0.965. The van der Waals surface area contributed by atoms with Crippen LogP contribution in [0.3, 0.4) is 0 Å². The van der Waals surface area contributed by atoms with Gasteiger partial charge in [0.1, 0.15) is 11.6 Å². The zero-order chi connectivity index (χ0) is 15.7. The first-order valence-electron chi connectivity index (χ1n) is 7.62. The lowest BCUT2D eigenvalue weighted by molar-refractivity contribution is -0.144. The van der Waals surface area contributed by atoms with Crippen LogP contribution < -0.4 is 5.32 Å². The van der Waals surface area contributed by atoms with Gasteiger partial charge in [-0.15, -0.1) is 0 Å². The third kappa shape index (κ3) is 3.74. The van der Waals surface area contributed by atoms with Gasteiger partial charge >= 0.3 is 0 Å². The van der Waals surface area contributed by atoms with E-state index in [0.29, 0.717) is 26.0 Å². The van der Waals surface area contributed by atoms with Crippen molar-refractivity contribution in [3.8, 4) is 0 Å². The molecule has 2 N–H and O–H groups in total. The molecule has 0 saturated carbocycles. The molecule has 2 saturated heterocycles. The minimum absolute atomic E-state index is 0.00283. The molecular weight excluding hydrogens is 272 g/mol. The molecule has 0 radical (unpaired) electrons. The highest BCUT2D eigenvalue weighted by atomic mass is 16.5. The van der Waals surface area contributed by atoms with Crippen LogP contribution >= 0.6 is 0 Å². The fraction of sp³-hybridized carbons (Fsp3) is 0.867. The summed E-state index contributed by atoms with van der Waals surface area (Å²) >= 11 is 0. The molecule has 6 nitrogen and oxygen atoms in total. The Balaban J connectivity index is 1.93. The van der Waals surface area contributed by atoms with Crippen molar-refractivity contribution >= 4 is 11.8 Å². The molecule has 2 atom stereocenters. The van der Waals surface area contributed by atoms with Crippen LogP contribution in [0.5, 0.6) is 0 Å². The van der Waals surface area contributed by atoms with E-state index in [-0.39, 0.29) is 25.0 Å². The van der Waals surface area contributed by atoms with Crippen LogP contribution in [0, 0.1) is 5.41 Å². The fourth-order valence-electron chi connectivity index (χ4n) is 2.82. The van der Waals surface area contributed by atoms with Crippen LogP contribution in [0.25, 0.3) is 0 Å². The number of aliphatic hydroxyl groups is 1. The van der Waals surface area contributed by atoms with Crippen molar-refractivity contribution in [2.75, 3.05) is 26.3 Å². The smallest absolute Gasteiger partial charge is 0.242 e. The summed E-state index contributed by atoms with van der Waals surface area (Å²) in [5.74, 6) is -0.173. The van der Waals surface area contributed by atoms with Gasteiger partial charge in [0.15, 0.2) is 0 Å². The third-order valence-corrected chi connectivity index (χ3v) is 4.13. The summed E-state index contributed by atoms with van der Waals surface area (Å²) in [6.45, 7) is 7.16. The monoisotopic (exact) mass is 298 g/mol. The summed E-state index contributed by atoms with van der Waals surface area (Å²) in [5, 5.41) is 12.9. The lowest BCUT2D eigenvalue weighted by Gasteiger charge is -2.31. The number of carbonyl (C=O) groups is 2. The van der Waals surface area contributed by atoms with Gasteiger partial charge in [-0.1, -0.05) is 20.8 Å². The summed E-state index contributed by atoms with van der Waals surface area (Å²) in [4.78, 5) is 26.4. The molecule has 0 aromatic rings. The molecule has 0 bridgehead atoms. The van der Waals surface area contributed by atoms with Gasteiger partial charge in [0.05, 0.1) is 6.61 Å². The summed E-state index contributed by atoms with van der Waals surface area (Å²) in [6, 6.07) is -0.414. The summed E-state index contributed by atoms with van der Waals surface area (Å²) in [7, 11) is 0. The predicted molar refractivity (Wildman–Crippen MR) is 77.6 cm³/mol. The molecule has 21 heavy (non-hydrogen) atoms. The molecule has 2 heterocycles. The van der Waals surface area contributed by atoms with Crippen LogP contribution in [0.4, 0.5) is 0 Å². The normalized spacial score (nSPS) is 29.7. The summed E-state index contributed by atoms with van der Waals surface area (Å²) in [6.07, 6.45) is 2.05. The summed E-state index contributed by atoms with van der Waals surface area (Å²) < 4.78 is 5.16. The maximum Gasteiger partial charge on any atom is 0.242 e. The number of nitrogens with one attached hydrogen (secondary N) is 1. The van der Waals surface area contributed by atoms with E-state index in [9.17, 15) is 14.7 Å². The number of hydrogen-bond donors (Lipinski definition) is 2. The highest BCUT2D eigenvalue weighted by molar-refractivity contribution is 5.90. The van der Waals surface area contributed by atoms with E-state index in [1.54, 1.807) is 4.90 Å². The van der Waals surface area contributed by atoms with E-state index in [1.807, 2.05) is 20.8 Å². The minimum Gasteiger partial charge on any atom is -0.386 e. The molecule has 120 valence electrons. The van der Waals surface area contributed by atoms with E-state index in [2.05, 4.69) is 5.32 Å². The lowest BCUT2D eigenvalue weighted by atomic mass is 9.94. The average Bonchev–Trinajstić information content (AvgIpc) is 3.03. The van der Waals surface area contributed by atoms with Crippen molar-refractivity contribution in [2.45, 2.75) is 51.7 Å². The second-order valence-electron chi connectivity index (χ2n) is 7.15. The first-order valence-corrected chi connectivity index (χ1v) is 7.62. The van der Waals surface area contributed by atoms with E-state index >= 15 is 0 Å². The van der Waals surface area contributed by atoms with Gasteiger partial charge in [-0.25, -0.2) is 0 Å². The Morgan fingerprint density at radius 1 is 1.43 bits per heavy atom. The zero-order valence-electron chi connectivity index (χ0n) is 13.1. The molecule has 0 spiro atoms. The Morgan fingerprint density at radius 3 is 2.71 bits per heavy atom. The molecule has 2 amide bonds. The van der Waals surface area contributed by atoms with E-state index in [1.165, 1.54) is 0 Å². The molecule has 2 rings (SSSR count). The maximum atomic E-state index is 12.4. The Hall–Kier alpha value is -1.14. The highest BCUT2D eigenvalue weighted by Crippen LogP contribution is 2.25. The van der Waals surface area contributed by atoms with E-state index in [4.69, 9.17) is 4.74 Å². The highest BCUT2D eigenvalue weighted by Gasteiger charge is 2.39. The van der Waals surface area contributed by atoms with Crippen molar-refractivity contribution in [3.63, 3.8) is 0 Å². The Kier molecular flexibility index (Phi) is 4.58. The first-order chi connectivity index (χ1) is 9.73. The van der Waals surface area contributed by atoms with Crippen molar-refractivity contribution in [1.29, 1.82) is 0 Å². The number of amides is 2. The van der Waals surface area contributed by atoms with Crippen molar-refractivity contribution in [3.05, 3.63) is 0 Å². The van der Waals surface area contributed by atoms with Crippen molar-refractivity contribution in [2.24, 2.45) is 5.41 Å². The van der Waals surface area contributed by atoms with Crippen molar-refractivity contribution < 1.29 is 19.4 Å². The van der Waals surface area contributed by atoms with Crippen LogP contribution in [0.1, 0.15) is 40.0 Å². The molecule has 6 heteroatoms. The summed E-state index contributed by atoms with van der Waals surface area (Å²) in [5.41, 5.74) is -1.45. The molecule has 0 aromatic heterocycles. The second-order valence-corrected chi connectivity index (χ2v) is 7.15. The van der Waals surface area contributed by atoms with Crippen LogP contribution in [0.2, 0.25) is 0 Å². The van der Waals surface area contributed by atoms with Gasteiger partial charge in [-0.05, 0) is 12.8 Å². The van der Waals surface area contributed by atoms with Gasteiger partial charge < -0.3 is 20.1 Å². The van der Waals surface area contributed by atoms with Gasteiger partial charge in [0.25, 0.3) is 0 Å². The number of hydrogen-bond acceptors (Lipinski definition) is 4. The Morgan fingerprint density at radius 2 is 2.14 bits per heavy atom. The SMILES string of the molecule is CC(C)(C)C(=O)N1CCCC1C(=O)NCC1(O)CCOC1.